The van der Waals surface area contributed by atoms with Crippen LogP contribution >= 0.6 is 0 Å². The van der Waals surface area contributed by atoms with E-state index in [1.807, 2.05) is 12.1 Å². The number of rotatable bonds is 11. The maximum Gasteiger partial charge on any atom is 0.191 e. The monoisotopic (exact) mass is 350 g/mol. The highest BCUT2D eigenvalue weighted by Gasteiger charge is 2.19. The van der Waals surface area contributed by atoms with Crippen molar-refractivity contribution in [2.75, 3.05) is 39.3 Å². The van der Waals surface area contributed by atoms with Crippen LogP contribution in [0.2, 0.25) is 0 Å². The molecule has 0 amide bonds. The Kier molecular flexibility index (Phi) is 9.44. The van der Waals surface area contributed by atoms with Crippen LogP contribution in [-0.2, 0) is 11.3 Å². The molecule has 0 spiro atoms. The standard InChI is InChI=1S/C19H34N4O2/c1-3-17(23-11-5-6-12-23)15-22-19(20-4-2)21-10-8-13-24-16-18-9-7-14-25-18/h7,9,14,17H,3-6,8,10-13,15-16H2,1-2H3,(H2,20,21,22). The fourth-order valence-corrected chi connectivity index (χ4v) is 3.10. The zero-order chi connectivity index (χ0) is 17.7. The van der Waals surface area contributed by atoms with Crippen molar-refractivity contribution >= 4 is 5.96 Å². The normalized spacial score (nSPS) is 17.0. The lowest BCUT2D eigenvalue weighted by molar-refractivity contribution is 0.105. The molecule has 0 radical (unpaired) electrons. The molecule has 0 aliphatic carbocycles. The van der Waals surface area contributed by atoms with E-state index in [4.69, 9.17) is 14.1 Å². The molecule has 25 heavy (non-hydrogen) atoms. The lowest BCUT2D eigenvalue weighted by atomic mass is 10.2. The Morgan fingerprint density at radius 2 is 2.16 bits per heavy atom. The molecule has 1 aromatic rings. The summed E-state index contributed by atoms with van der Waals surface area (Å²) in [7, 11) is 0. The third-order valence-corrected chi connectivity index (χ3v) is 4.51. The number of aliphatic imine (C=N–C) groups is 1. The largest absolute Gasteiger partial charge is 0.467 e. The second-order valence-corrected chi connectivity index (χ2v) is 6.44. The lowest BCUT2D eigenvalue weighted by Crippen LogP contribution is -2.40. The van der Waals surface area contributed by atoms with Crippen molar-refractivity contribution in [1.82, 2.24) is 15.5 Å². The zero-order valence-corrected chi connectivity index (χ0v) is 15.8. The minimum absolute atomic E-state index is 0.537. The van der Waals surface area contributed by atoms with E-state index in [2.05, 4.69) is 29.4 Å². The van der Waals surface area contributed by atoms with Gasteiger partial charge in [0.2, 0.25) is 0 Å². The average Bonchev–Trinajstić information content (AvgIpc) is 3.32. The summed E-state index contributed by atoms with van der Waals surface area (Å²) >= 11 is 0. The van der Waals surface area contributed by atoms with Gasteiger partial charge < -0.3 is 19.8 Å². The van der Waals surface area contributed by atoms with Crippen molar-refractivity contribution in [1.29, 1.82) is 0 Å². The molecule has 1 aromatic heterocycles. The Morgan fingerprint density at radius 1 is 1.32 bits per heavy atom. The molecule has 1 saturated heterocycles. The van der Waals surface area contributed by atoms with E-state index in [1.54, 1.807) is 6.26 Å². The average molecular weight is 351 g/mol. The number of ether oxygens (including phenoxy) is 1. The molecule has 0 bridgehead atoms. The first-order valence-corrected chi connectivity index (χ1v) is 9.69. The van der Waals surface area contributed by atoms with Crippen LogP contribution in [0, 0.1) is 0 Å². The van der Waals surface area contributed by atoms with Gasteiger partial charge in [-0.05, 0) is 57.8 Å². The maximum atomic E-state index is 5.60. The first-order valence-electron chi connectivity index (χ1n) is 9.69. The molecular weight excluding hydrogens is 316 g/mol. The highest BCUT2D eigenvalue weighted by molar-refractivity contribution is 5.79. The molecule has 1 fully saturated rings. The van der Waals surface area contributed by atoms with Gasteiger partial charge in [0.15, 0.2) is 5.96 Å². The van der Waals surface area contributed by atoms with Gasteiger partial charge in [0, 0.05) is 25.7 Å². The van der Waals surface area contributed by atoms with Crippen molar-refractivity contribution in [3.63, 3.8) is 0 Å². The Bertz CT molecular complexity index is 470. The molecule has 1 aliphatic heterocycles. The molecule has 142 valence electrons. The van der Waals surface area contributed by atoms with Crippen LogP contribution < -0.4 is 10.6 Å². The van der Waals surface area contributed by atoms with E-state index in [0.717, 1.165) is 44.2 Å². The van der Waals surface area contributed by atoms with Crippen LogP contribution in [0.15, 0.2) is 27.8 Å². The van der Waals surface area contributed by atoms with Gasteiger partial charge in [-0.2, -0.15) is 0 Å². The highest BCUT2D eigenvalue weighted by Crippen LogP contribution is 2.14. The molecule has 1 aliphatic rings. The fourth-order valence-electron chi connectivity index (χ4n) is 3.10. The molecule has 0 saturated carbocycles. The summed E-state index contributed by atoms with van der Waals surface area (Å²) in [6.07, 6.45) is 6.43. The summed E-state index contributed by atoms with van der Waals surface area (Å²) in [6.45, 7) is 10.6. The topological polar surface area (TPSA) is 62.0 Å². The van der Waals surface area contributed by atoms with Crippen LogP contribution in [0.4, 0.5) is 0 Å². The second kappa shape index (κ2) is 11.9. The maximum absolute atomic E-state index is 5.60. The highest BCUT2D eigenvalue weighted by atomic mass is 16.5. The van der Waals surface area contributed by atoms with E-state index in [-0.39, 0.29) is 0 Å². The van der Waals surface area contributed by atoms with Crippen molar-refractivity contribution in [3.05, 3.63) is 24.2 Å². The molecule has 1 atom stereocenters. The van der Waals surface area contributed by atoms with Crippen molar-refractivity contribution in [2.45, 2.75) is 52.2 Å². The molecule has 2 rings (SSSR count). The van der Waals surface area contributed by atoms with Gasteiger partial charge in [-0.25, -0.2) is 0 Å². The van der Waals surface area contributed by atoms with Crippen LogP contribution in [0.25, 0.3) is 0 Å². The van der Waals surface area contributed by atoms with Crippen LogP contribution in [0.5, 0.6) is 0 Å². The molecule has 0 aromatic carbocycles. The third-order valence-electron chi connectivity index (χ3n) is 4.51. The summed E-state index contributed by atoms with van der Waals surface area (Å²) in [5.74, 6) is 1.78. The predicted octanol–water partition coefficient (Wildman–Crippen LogP) is 2.62. The van der Waals surface area contributed by atoms with Crippen LogP contribution in [0.3, 0.4) is 0 Å². The summed E-state index contributed by atoms with van der Waals surface area (Å²) in [6, 6.07) is 4.37. The van der Waals surface area contributed by atoms with Gasteiger partial charge in [0.25, 0.3) is 0 Å². The first kappa shape index (κ1) is 19.8. The lowest BCUT2D eigenvalue weighted by Gasteiger charge is -2.25. The number of nitrogens with one attached hydrogen (secondary N) is 2. The van der Waals surface area contributed by atoms with E-state index in [9.17, 15) is 0 Å². The number of furan rings is 1. The van der Waals surface area contributed by atoms with Gasteiger partial charge in [0.05, 0.1) is 12.8 Å². The minimum atomic E-state index is 0.537. The second-order valence-electron chi connectivity index (χ2n) is 6.44. The van der Waals surface area contributed by atoms with Crippen molar-refractivity contribution in [2.24, 2.45) is 4.99 Å². The molecule has 6 nitrogen and oxygen atoms in total. The van der Waals surface area contributed by atoms with E-state index in [0.29, 0.717) is 19.3 Å². The van der Waals surface area contributed by atoms with Gasteiger partial charge in [0.1, 0.15) is 12.4 Å². The van der Waals surface area contributed by atoms with E-state index >= 15 is 0 Å². The SMILES string of the molecule is CCNC(=NCC(CC)N1CCCC1)NCCCOCc1ccco1. The number of hydrogen-bond donors (Lipinski definition) is 2. The van der Waals surface area contributed by atoms with Gasteiger partial charge in [-0.1, -0.05) is 6.92 Å². The molecule has 1 unspecified atom stereocenters. The van der Waals surface area contributed by atoms with E-state index in [1.165, 1.54) is 25.9 Å². The summed E-state index contributed by atoms with van der Waals surface area (Å²) < 4.78 is 10.8. The van der Waals surface area contributed by atoms with Crippen LogP contribution in [0.1, 0.15) is 45.3 Å². The zero-order valence-electron chi connectivity index (χ0n) is 15.8. The van der Waals surface area contributed by atoms with Gasteiger partial charge in [-0.3, -0.25) is 9.89 Å². The Balaban J connectivity index is 1.64. The quantitative estimate of drug-likeness (QED) is 0.365. The molecule has 2 heterocycles. The van der Waals surface area contributed by atoms with Crippen molar-refractivity contribution in [3.8, 4) is 0 Å². The summed E-state index contributed by atoms with van der Waals surface area (Å²) in [5.41, 5.74) is 0. The van der Waals surface area contributed by atoms with E-state index < -0.39 is 0 Å². The molecule has 2 N–H and O–H groups in total. The smallest absolute Gasteiger partial charge is 0.191 e. The van der Waals surface area contributed by atoms with Crippen LogP contribution in [-0.4, -0.2) is 56.2 Å². The number of likely N-dealkylation sites (tertiary alicyclic amines) is 1. The third kappa shape index (κ3) is 7.48. The van der Waals surface area contributed by atoms with Gasteiger partial charge in [-0.15, -0.1) is 0 Å². The molecular formula is C19H34N4O2. The summed E-state index contributed by atoms with van der Waals surface area (Å²) in [5, 5.41) is 6.73. The predicted molar refractivity (Wildman–Crippen MR) is 102 cm³/mol. The fraction of sp³-hybridized carbons (Fsp3) is 0.737. The van der Waals surface area contributed by atoms with Crippen molar-refractivity contribution < 1.29 is 9.15 Å². The Morgan fingerprint density at radius 3 is 2.84 bits per heavy atom. The number of nitrogens with zero attached hydrogens (tertiary/aromatic N) is 2. The number of hydrogen-bond acceptors (Lipinski definition) is 4. The Hall–Kier alpha value is -1.53. The summed E-state index contributed by atoms with van der Waals surface area (Å²) in [4.78, 5) is 7.36. The van der Waals surface area contributed by atoms with Gasteiger partial charge >= 0.3 is 0 Å². The Labute approximate surface area is 152 Å². The molecule has 6 heteroatoms. The number of guanidine groups is 1. The minimum Gasteiger partial charge on any atom is -0.467 e. The first-order chi connectivity index (χ1) is 12.3.